The summed E-state index contributed by atoms with van der Waals surface area (Å²) in [4.78, 5) is 14.7. The van der Waals surface area contributed by atoms with Crippen LogP contribution in [0.5, 0.6) is 0 Å². The lowest BCUT2D eigenvalue weighted by Crippen LogP contribution is -2.05. The molecule has 0 unspecified atom stereocenters. The number of hydrogen-bond acceptors (Lipinski definition) is 4. The third-order valence-corrected chi connectivity index (χ3v) is 1.97. The fourth-order valence-electron chi connectivity index (χ4n) is 1.28. The largest absolute Gasteiger partial charge is 0.478 e. The van der Waals surface area contributed by atoms with E-state index < -0.39 is 5.97 Å². The van der Waals surface area contributed by atoms with Crippen LogP contribution in [-0.4, -0.2) is 25.8 Å². The molecule has 0 spiro atoms. The summed E-state index contributed by atoms with van der Waals surface area (Å²) in [7, 11) is 0. The highest BCUT2D eigenvalue weighted by Crippen LogP contribution is 2.12. The van der Waals surface area contributed by atoms with Crippen LogP contribution in [0.1, 0.15) is 16.2 Å². The molecule has 0 saturated heterocycles. The van der Waals surface area contributed by atoms with Gasteiger partial charge in [0, 0.05) is 0 Å². The van der Waals surface area contributed by atoms with Crippen LogP contribution in [0.4, 0.5) is 0 Å². The van der Waals surface area contributed by atoms with E-state index in [4.69, 9.17) is 10.4 Å². The average molecular weight is 214 g/mol. The van der Waals surface area contributed by atoms with Crippen molar-refractivity contribution in [3.05, 3.63) is 42.0 Å². The van der Waals surface area contributed by atoms with Gasteiger partial charge in [0.05, 0.1) is 11.3 Å². The van der Waals surface area contributed by atoms with E-state index >= 15 is 0 Å². The van der Waals surface area contributed by atoms with E-state index in [1.165, 1.54) is 17.1 Å². The first-order valence-electron chi connectivity index (χ1n) is 4.37. The van der Waals surface area contributed by atoms with E-state index in [0.717, 1.165) is 0 Å². The normalized spacial score (nSPS) is 9.69. The van der Waals surface area contributed by atoms with Gasteiger partial charge in [0.25, 0.3) is 5.82 Å². The van der Waals surface area contributed by atoms with E-state index in [2.05, 4.69) is 10.1 Å². The summed E-state index contributed by atoms with van der Waals surface area (Å²) in [6.45, 7) is 0. The topological polar surface area (TPSA) is 91.8 Å². The zero-order chi connectivity index (χ0) is 11.5. The third-order valence-electron chi connectivity index (χ3n) is 1.97. The van der Waals surface area contributed by atoms with Gasteiger partial charge in [-0.2, -0.15) is 5.26 Å². The van der Waals surface area contributed by atoms with Gasteiger partial charge in [-0.25, -0.2) is 14.5 Å². The van der Waals surface area contributed by atoms with Crippen molar-refractivity contribution in [1.82, 2.24) is 14.8 Å². The fourth-order valence-corrected chi connectivity index (χ4v) is 1.28. The second kappa shape index (κ2) is 3.82. The summed E-state index contributed by atoms with van der Waals surface area (Å²) >= 11 is 0. The number of carboxylic acids is 1. The molecular weight excluding hydrogens is 208 g/mol. The van der Waals surface area contributed by atoms with E-state index in [0.29, 0.717) is 5.69 Å². The number of aromatic carboxylic acids is 1. The van der Waals surface area contributed by atoms with E-state index in [1.54, 1.807) is 24.3 Å². The molecule has 1 N–H and O–H groups in total. The molecule has 0 bridgehead atoms. The molecule has 0 amide bonds. The van der Waals surface area contributed by atoms with Gasteiger partial charge in [0.2, 0.25) is 0 Å². The maximum atomic E-state index is 10.9. The first kappa shape index (κ1) is 9.86. The Morgan fingerprint density at radius 2 is 2.19 bits per heavy atom. The van der Waals surface area contributed by atoms with Crippen LogP contribution >= 0.6 is 0 Å². The Bertz CT molecular complexity index is 583. The van der Waals surface area contributed by atoms with Crippen LogP contribution in [-0.2, 0) is 0 Å². The number of rotatable bonds is 2. The SMILES string of the molecule is N#Cc1ncn(-c2ccccc2C(=O)O)n1. The highest BCUT2D eigenvalue weighted by Gasteiger charge is 2.11. The minimum atomic E-state index is -1.05. The van der Waals surface area contributed by atoms with Crippen molar-refractivity contribution in [2.75, 3.05) is 0 Å². The molecule has 0 aliphatic carbocycles. The molecule has 0 radical (unpaired) electrons. The van der Waals surface area contributed by atoms with Gasteiger partial charge >= 0.3 is 5.97 Å². The summed E-state index contributed by atoms with van der Waals surface area (Å²) in [5.74, 6) is -1.05. The van der Waals surface area contributed by atoms with Crippen molar-refractivity contribution in [1.29, 1.82) is 5.26 Å². The van der Waals surface area contributed by atoms with Gasteiger partial charge in [-0.3, -0.25) is 0 Å². The molecule has 0 fully saturated rings. The molecule has 1 heterocycles. The lowest BCUT2D eigenvalue weighted by molar-refractivity contribution is 0.0696. The van der Waals surface area contributed by atoms with Crippen LogP contribution in [0.25, 0.3) is 5.69 Å². The minimum absolute atomic E-state index is 0.000178. The quantitative estimate of drug-likeness (QED) is 0.799. The van der Waals surface area contributed by atoms with Crippen LogP contribution in [0.2, 0.25) is 0 Å². The van der Waals surface area contributed by atoms with Crippen molar-refractivity contribution in [3.63, 3.8) is 0 Å². The molecule has 78 valence electrons. The predicted octanol–water partition coefficient (Wildman–Crippen LogP) is 0.837. The Kier molecular flexibility index (Phi) is 2.36. The maximum absolute atomic E-state index is 10.9. The fraction of sp³-hybridized carbons (Fsp3) is 0. The molecule has 2 rings (SSSR count). The summed E-state index contributed by atoms with van der Waals surface area (Å²) in [5, 5.41) is 21.4. The van der Waals surface area contributed by atoms with Crippen molar-refractivity contribution in [3.8, 4) is 11.8 Å². The highest BCUT2D eigenvalue weighted by molar-refractivity contribution is 5.91. The number of nitrogens with zero attached hydrogens (tertiary/aromatic N) is 4. The summed E-state index contributed by atoms with van der Waals surface area (Å²) in [6.07, 6.45) is 1.31. The number of carbonyl (C=O) groups is 1. The zero-order valence-corrected chi connectivity index (χ0v) is 8.03. The molecule has 2 aromatic rings. The Morgan fingerprint density at radius 3 is 2.81 bits per heavy atom. The predicted molar refractivity (Wildman–Crippen MR) is 53.0 cm³/mol. The number of hydrogen-bond donors (Lipinski definition) is 1. The van der Waals surface area contributed by atoms with Crippen LogP contribution < -0.4 is 0 Å². The summed E-state index contributed by atoms with van der Waals surface area (Å²) in [5.41, 5.74) is 0.487. The van der Waals surface area contributed by atoms with Gasteiger partial charge in [-0.15, -0.1) is 5.10 Å². The van der Waals surface area contributed by atoms with Gasteiger partial charge in [-0.1, -0.05) is 12.1 Å². The summed E-state index contributed by atoms with van der Waals surface area (Å²) in [6, 6.07) is 8.15. The second-order valence-electron chi connectivity index (χ2n) is 2.95. The average Bonchev–Trinajstić information content (AvgIpc) is 2.77. The maximum Gasteiger partial charge on any atom is 0.337 e. The molecule has 1 aromatic heterocycles. The van der Waals surface area contributed by atoms with Crippen molar-refractivity contribution >= 4 is 5.97 Å². The van der Waals surface area contributed by atoms with E-state index in [1.807, 2.05) is 0 Å². The van der Waals surface area contributed by atoms with Crippen molar-refractivity contribution in [2.45, 2.75) is 0 Å². The van der Waals surface area contributed by atoms with Crippen molar-refractivity contribution in [2.24, 2.45) is 0 Å². The van der Waals surface area contributed by atoms with Gasteiger partial charge in [0.15, 0.2) is 0 Å². The number of benzene rings is 1. The molecule has 16 heavy (non-hydrogen) atoms. The zero-order valence-electron chi connectivity index (χ0n) is 8.03. The molecule has 0 atom stereocenters. The van der Waals surface area contributed by atoms with Gasteiger partial charge in [0.1, 0.15) is 12.4 Å². The summed E-state index contributed by atoms with van der Waals surface area (Å²) < 4.78 is 1.27. The number of nitriles is 1. The Balaban J connectivity index is 2.56. The van der Waals surface area contributed by atoms with E-state index in [-0.39, 0.29) is 11.4 Å². The van der Waals surface area contributed by atoms with Crippen LogP contribution in [0.3, 0.4) is 0 Å². The van der Waals surface area contributed by atoms with Crippen LogP contribution in [0.15, 0.2) is 30.6 Å². The Labute approximate surface area is 90.4 Å². The Hall–Kier alpha value is -2.68. The highest BCUT2D eigenvalue weighted by atomic mass is 16.4. The lowest BCUT2D eigenvalue weighted by atomic mass is 10.2. The number of aromatic nitrogens is 3. The lowest BCUT2D eigenvalue weighted by Gasteiger charge is -2.03. The molecule has 0 aliphatic heterocycles. The monoisotopic (exact) mass is 214 g/mol. The van der Waals surface area contributed by atoms with E-state index in [9.17, 15) is 4.79 Å². The second-order valence-corrected chi connectivity index (χ2v) is 2.95. The molecular formula is C10H6N4O2. The Morgan fingerprint density at radius 1 is 1.44 bits per heavy atom. The minimum Gasteiger partial charge on any atom is -0.478 e. The van der Waals surface area contributed by atoms with Gasteiger partial charge in [-0.05, 0) is 12.1 Å². The number of para-hydroxylation sites is 1. The van der Waals surface area contributed by atoms with Gasteiger partial charge < -0.3 is 5.11 Å². The first-order valence-corrected chi connectivity index (χ1v) is 4.37. The third kappa shape index (κ3) is 1.62. The molecule has 6 nitrogen and oxygen atoms in total. The van der Waals surface area contributed by atoms with Crippen molar-refractivity contribution < 1.29 is 9.90 Å². The molecule has 0 saturated carbocycles. The number of carboxylic acid groups (broad SMARTS) is 1. The first-order chi connectivity index (χ1) is 7.72. The van der Waals surface area contributed by atoms with Crippen LogP contribution in [0, 0.1) is 11.3 Å². The molecule has 1 aromatic carbocycles. The molecule has 0 aliphatic rings. The smallest absolute Gasteiger partial charge is 0.337 e. The standard InChI is InChI=1S/C10H6N4O2/c11-5-9-12-6-14(13-9)8-4-2-1-3-7(8)10(15)16/h1-4,6H,(H,15,16). The molecule has 6 heteroatoms.